The van der Waals surface area contributed by atoms with Gasteiger partial charge in [-0.15, -0.1) is 0 Å². The second kappa shape index (κ2) is 10.7. The lowest BCUT2D eigenvalue weighted by molar-refractivity contribution is -0.130. The molecule has 11 heteroatoms. The number of nitrogens with zero attached hydrogens (tertiary/aromatic N) is 7. The van der Waals surface area contributed by atoms with E-state index in [4.69, 9.17) is 0 Å². The molecule has 2 aliphatic heterocycles. The molecule has 0 radical (unpaired) electrons. The van der Waals surface area contributed by atoms with Crippen molar-refractivity contribution in [3.63, 3.8) is 0 Å². The van der Waals surface area contributed by atoms with E-state index in [1.165, 1.54) is 6.08 Å². The number of hydrogen-bond donors (Lipinski definition) is 2. The highest BCUT2D eigenvalue weighted by Gasteiger charge is 2.29. The molecule has 0 saturated carbocycles. The van der Waals surface area contributed by atoms with Crippen molar-refractivity contribution < 1.29 is 9.59 Å². The van der Waals surface area contributed by atoms with Gasteiger partial charge < -0.3 is 20.4 Å². The van der Waals surface area contributed by atoms with E-state index < -0.39 is 0 Å². The molecule has 194 valence electrons. The zero-order valence-electron chi connectivity index (χ0n) is 21.2. The van der Waals surface area contributed by atoms with Crippen molar-refractivity contribution >= 4 is 29.1 Å². The Morgan fingerprint density at radius 1 is 1.11 bits per heavy atom. The lowest BCUT2D eigenvalue weighted by Gasteiger charge is -2.39. The van der Waals surface area contributed by atoms with Gasteiger partial charge in [0, 0.05) is 68.5 Å². The Morgan fingerprint density at radius 2 is 1.84 bits per heavy atom. The maximum atomic E-state index is 11.7. The Morgan fingerprint density at radius 3 is 2.50 bits per heavy atom. The van der Waals surface area contributed by atoms with Crippen LogP contribution in [0.15, 0.2) is 55.6 Å². The van der Waals surface area contributed by atoms with Crippen LogP contribution in [0.5, 0.6) is 0 Å². The van der Waals surface area contributed by atoms with Crippen LogP contribution in [0, 0.1) is 11.3 Å². The number of hydrogen-bond acceptors (Lipinski definition) is 8. The van der Waals surface area contributed by atoms with E-state index in [0.29, 0.717) is 30.3 Å². The van der Waals surface area contributed by atoms with E-state index in [1.807, 2.05) is 28.0 Å². The van der Waals surface area contributed by atoms with E-state index in [2.05, 4.69) is 38.3 Å². The molecule has 0 unspecified atom stereocenters. The Hall–Kier alpha value is -4.72. The van der Waals surface area contributed by atoms with Gasteiger partial charge in [-0.25, -0.2) is 9.97 Å². The summed E-state index contributed by atoms with van der Waals surface area (Å²) in [5.74, 6) is 0.456. The van der Waals surface area contributed by atoms with Gasteiger partial charge in [0.15, 0.2) is 0 Å². The van der Waals surface area contributed by atoms with Gasteiger partial charge in [-0.1, -0.05) is 6.58 Å². The summed E-state index contributed by atoms with van der Waals surface area (Å²) in [4.78, 5) is 35.7. The molecule has 0 bridgehead atoms. The Kier molecular flexibility index (Phi) is 7.04. The van der Waals surface area contributed by atoms with Gasteiger partial charge in [0.25, 0.3) is 0 Å². The van der Waals surface area contributed by atoms with E-state index >= 15 is 0 Å². The monoisotopic (exact) mass is 511 g/mol. The number of rotatable bonds is 7. The van der Waals surface area contributed by atoms with Crippen molar-refractivity contribution in [2.75, 3.05) is 36.8 Å². The highest BCUT2D eigenvalue weighted by Crippen LogP contribution is 2.27. The molecule has 0 spiro atoms. The van der Waals surface area contributed by atoms with Crippen molar-refractivity contribution in [2.24, 2.45) is 0 Å². The highest BCUT2D eigenvalue weighted by atomic mass is 16.2. The van der Waals surface area contributed by atoms with Gasteiger partial charge in [-0.05, 0) is 37.1 Å². The topological polar surface area (TPSA) is 132 Å². The highest BCUT2D eigenvalue weighted by molar-refractivity contribution is 5.88. The van der Waals surface area contributed by atoms with Crippen LogP contribution in [-0.4, -0.2) is 73.6 Å². The summed E-state index contributed by atoms with van der Waals surface area (Å²) in [6, 6.07) is 7.92. The molecule has 5 rings (SSSR count). The van der Waals surface area contributed by atoms with Crippen LogP contribution in [0.4, 0.5) is 17.3 Å². The van der Waals surface area contributed by atoms with Crippen LogP contribution < -0.4 is 10.6 Å². The van der Waals surface area contributed by atoms with Crippen LogP contribution in [0.1, 0.15) is 31.4 Å². The van der Waals surface area contributed by atoms with Gasteiger partial charge in [-0.3, -0.25) is 14.3 Å². The average molecular weight is 512 g/mol. The van der Waals surface area contributed by atoms with Crippen molar-refractivity contribution in [1.29, 1.82) is 5.26 Å². The number of carbonyl (C=O) groups excluding carboxylic acids is 2. The molecule has 11 nitrogen and oxygen atoms in total. The third-order valence-electron chi connectivity index (χ3n) is 6.99. The van der Waals surface area contributed by atoms with E-state index in [9.17, 15) is 14.9 Å². The third kappa shape index (κ3) is 5.34. The largest absolute Gasteiger partial charge is 0.378 e. The van der Waals surface area contributed by atoms with Crippen molar-refractivity contribution in [3.05, 3.63) is 61.2 Å². The van der Waals surface area contributed by atoms with E-state index in [1.54, 1.807) is 36.4 Å². The number of nitrogens with one attached hydrogen (secondary N) is 2. The molecule has 3 aromatic rings. The van der Waals surface area contributed by atoms with Crippen molar-refractivity contribution in [1.82, 2.24) is 29.5 Å². The number of aromatic nitrogens is 4. The van der Waals surface area contributed by atoms with E-state index in [0.717, 1.165) is 42.7 Å². The van der Waals surface area contributed by atoms with Crippen molar-refractivity contribution in [3.8, 4) is 17.2 Å². The van der Waals surface area contributed by atoms with Gasteiger partial charge in [0.05, 0.1) is 29.5 Å². The first-order chi connectivity index (χ1) is 18.4. The molecular formula is C27H29N9O2. The Balaban J connectivity index is 1.21. The fourth-order valence-corrected chi connectivity index (χ4v) is 4.74. The SMILES string of the molecule is C=CC(=O)N1CC(Nc2cc(Nc3ncc(-c4cnn(C5CCN(C(C)=O)CC5)c4)cn3)ccc2C#N)C1. The summed E-state index contributed by atoms with van der Waals surface area (Å²) in [5.41, 5.74) is 3.73. The lowest BCUT2D eigenvalue weighted by atomic mass is 10.1. The minimum absolute atomic E-state index is 0.0689. The minimum Gasteiger partial charge on any atom is -0.378 e. The molecule has 2 aromatic heterocycles. The van der Waals surface area contributed by atoms with Crippen LogP contribution >= 0.6 is 0 Å². The number of likely N-dealkylation sites (tertiary alicyclic amines) is 2. The Bertz CT molecular complexity index is 1380. The molecule has 2 aliphatic rings. The number of nitriles is 1. The second-order valence-corrected chi connectivity index (χ2v) is 9.53. The van der Waals surface area contributed by atoms with Crippen molar-refractivity contribution in [2.45, 2.75) is 31.8 Å². The summed E-state index contributed by atoms with van der Waals surface area (Å²) in [5, 5.41) is 20.6. The fraction of sp³-hybridized carbons (Fsp3) is 0.333. The summed E-state index contributed by atoms with van der Waals surface area (Å²) < 4.78 is 1.97. The molecule has 4 heterocycles. The predicted molar refractivity (Wildman–Crippen MR) is 142 cm³/mol. The molecule has 2 saturated heterocycles. The molecule has 2 amide bonds. The van der Waals surface area contributed by atoms with Crippen LogP contribution in [0.25, 0.3) is 11.1 Å². The summed E-state index contributed by atoms with van der Waals surface area (Å²) in [6.45, 7) is 7.74. The molecule has 0 atom stereocenters. The Labute approximate surface area is 220 Å². The maximum absolute atomic E-state index is 11.7. The number of carbonyl (C=O) groups is 2. The fourth-order valence-electron chi connectivity index (χ4n) is 4.74. The standard InChI is InChI=1S/C27H29N9O2/c1-3-26(38)35-16-23(17-35)32-25-10-22(5-4-19(25)11-28)33-27-29-12-20(13-30-27)21-14-31-36(15-21)24-6-8-34(9-7-24)18(2)37/h3-5,10,12-15,23-24,32H,1,6-9,16-17H2,2H3,(H,29,30,33). The van der Waals surface area contributed by atoms with Crippen LogP contribution in [0.2, 0.25) is 0 Å². The van der Waals surface area contributed by atoms with E-state index in [-0.39, 0.29) is 23.9 Å². The first kappa shape index (κ1) is 25.0. The van der Waals surface area contributed by atoms with Gasteiger partial charge in [-0.2, -0.15) is 10.4 Å². The quantitative estimate of drug-likeness (QED) is 0.463. The normalized spacial score (nSPS) is 15.9. The molecule has 1 aromatic carbocycles. The molecule has 38 heavy (non-hydrogen) atoms. The molecule has 2 fully saturated rings. The summed E-state index contributed by atoms with van der Waals surface area (Å²) in [6.07, 6.45) is 10.4. The first-order valence-electron chi connectivity index (χ1n) is 12.5. The van der Waals surface area contributed by atoms with Gasteiger partial charge in [0.1, 0.15) is 6.07 Å². The maximum Gasteiger partial charge on any atom is 0.246 e. The van der Waals surface area contributed by atoms with Crippen LogP contribution in [0.3, 0.4) is 0 Å². The van der Waals surface area contributed by atoms with Gasteiger partial charge in [0.2, 0.25) is 17.8 Å². The first-order valence-corrected chi connectivity index (χ1v) is 12.5. The van der Waals surface area contributed by atoms with Gasteiger partial charge >= 0.3 is 0 Å². The van der Waals surface area contributed by atoms with Crippen LogP contribution in [-0.2, 0) is 9.59 Å². The predicted octanol–water partition coefficient (Wildman–Crippen LogP) is 2.95. The second-order valence-electron chi connectivity index (χ2n) is 9.53. The number of anilines is 3. The molecule has 2 N–H and O–H groups in total. The molecular weight excluding hydrogens is 482 g/mol. The third-order valence-corrected chi connectivity index (χ3v) is 6.99. The number of benzene rings is 1. The molecule has 0 aliphatic carbocycles. The number of piperidine rings is 1. The smallest absolute Gasteiger partial charge is 0.246 e. The number of amides is 2. The summed E-state index contributed by atoms with van der Waals surface area (Å²) >= 11 is 0. The average Bonchev–Trinajstić information content (AvgIpc) is 3.41. The summed E-state index contributed by atoms with van der Waals surface area (Å²) in [7, 11) is 0. The zero-order valence-corrected chi connectivity index (χ0v) is 21.2. The minimum atomic E-state index is -0.0955. The lowest BCUT2D eigenvalue weighted by Crippen LogP contribution is -2.56. The zero-order chi connectivity index (χ0) is 26.6.